The van der Waals surface area contributed by atoms with Gasteiger partial charge in [-0.25, -0.2) is 0 Å². The van der Waals surface area contributed by atoms with Crippen LogP contribution in [0.4, 0.5) is 5.69 Å². The Bertz CT molecular complexity index is 936. The van der Waals surface area contributed by atoms with E-state index in [1.54, 1.807) is 18.2 Å². The van der Waals surface area contributed by atoms with Gasteiger partial charge in [-0.05, 0) is 70.4 Å². The Balaban J connectivity index is 1.55. The number of anilines is 1. The van der Waals surface area contributed by atoms with Gasteiger partial charge in [-0.15, -0.1) is 0 Å². The fourth-order valence-electron chi connectivity index (χ4n) is 4.92. The molecule has 0 radical (unpaired) electrons. The maximum Gasteiger partial charge on any atom is 0.301 e. The van der Waals surface area contributed by atoms with Crippen molar-refractivity contribution < 1.29 is 13.2 Å². The number of benzene rings is 1. The highest BCUT2D eigenvalue weighted by Crippen LogP contribution is 2.52. The molecule has 1 aromatic rings. The lowest BCUT2D eigenvalue weighted by Crippen LogP contribution is -2.56. The molecule has 1 saturated heterocycles. The van der Waals surface area contributed by atoms with Crippen LogP contribution in [0.5, 0.6) is 0 Å². The highest BCUT2D eigenvalue weighted by Gasteiger charge is 2.49. The Morgan fingerprint density at radius 2 is 1.72 bits per heavy atom. The van der Waals surface area contributed by atoms with Crippen LogP contribution in [-0.2, 0) is 10.2 Å². The summed E-state index contributed by atoms with van der Waals surface area (Å²) in [4.78, 5) is 13.2. The smallest absolute Gasteiger partial charge is 0.301 e. The van der Waals surface area contributed by atoms with E-state index in [4.69, 9.17) is 0 Å². The third-order valence-corrected chi connectivity index (χ3v) is 8.45. The summed E-state index contributed by atoms with van der Waals surface area (Å²) in [7, 11) is -3.67. The average Bonchev–Trinajstić information content (AvgIpc) is 3.26. The summed E-state index contributed by atoms with van der Waals surface area (Å²) in [5.41, 5.74) is 1.06. The predicted molar refractivity (Wildman–Crippen MR) is 110 cm³/mol. The number of nitriles is 1. The molecular formula is C21H28N4O3S. The second-order valence-electron chi connectivity index (χ2n) is 8.89. The third-order valence-electron chi connectivity index (χ3n) is 6.93. The van der Waals surface area contributed by atoms with E-state index in [2.05, 4.69) is 16.1 Å². The van der Waals surface area contributed by atoms with E-state index < -0.39 is 10.2 Å². The molecule has 1 aliphatic heterocycles. The summed E-state index contributed by atoms with van der Waals surface area (Å²) in [6.07, 6.45) is 6.54. The molecule has 0 atom stereocenters. The Kier molecular flexibility index (Phi) is 5.07. The van der Waals surface area contributed by atoms with Gasteiger partial charge in [0.1, 0.15) is 0 Å². The summed E-state index contributed by atoms with van der Waals surface area (Å²) in [6.45, 7) is 2.90. The Hall–Kier alpha value is -2.11. The van der Waals surface area contributed by atoms with Gasteiger partial charge in [-0.2, -0.15) is 18.0 Å². The van der Waals surface area contributed by atoms with E-state index in [-0.39, 0.29) is 16.9 Å². The quantitative estimate of drug-likeness (QED) is 0.770. The number of hydrogen-bond acceptors (Lipinski definition) is 4. The van der Waals surface area contributed by atoms with E-state index in [9.17, 15) is 18.5 Å². The van der Waals surface area contributed by atoms with Gasteiger partial charge in [0, 0.05) is 18.6 Å². The molecule has 1 amide bonds. The number of carbonyl (C=O) groups excluding carboxylic acids is 1. The van der Waals surface area contributed by atoms with Crippen LogP contribution >= 0.6 is 0 Å². The van der Waals surface area contributed by atoms with E-state index in [1.807, 2.05) is 6.92 Å². The number of rotatable bonds is 5. The van der Waals surface area contributed by atoms with Gasteiger partial charge in [0.05, 0.1) is 22.7 Å². The van der Waals surface area contributed by atoms with Gasteiger partial charge in [0.2, 0.25) is 0 Å². The van der Waals surface area contributed by atoms with Gasteiger partial charge in [0.15, 0.2) is 0 Å². The van der Waals surface area contributed by atoms with E-state index in [0.717, 1.165) is 56.9 Å². The highest BCUT2D eigenvalue weighted by molar-refractivity contribution is 7.90. The van der Waals surface area contributed by atoms with Crippen molar-refractivity contribution in [3.05, 3.63) is 29.3 Å². The first-order chi connectivity index (χ1) is 13.8. The Morgan fingerprint density at radius 3 is 2.31 bits per heavy atom. The van der Waals surface area contributed by atoms with Gasteiger partial charge >= 0.3 is 10.2 Å². The van der Waals surface area contributed by atoms with Crippen molar-refractivity contribution in [2.75, 3.05) is 17.8 Å². The molecule has 4 fully saturated rings. The fourth-order valence-corrected chi connectivity index (χ4v) is 6.24. The van der Waals surface area contributed by atoms with Crippen LogP contribution in [0.3, 0.4) is 0 Å². The van der Waals surface area contributed by atoms with Crippen molar-refractivity contribution in [2.24, 2.45) is 5.41 Å². The fraction of sp³-hybridized carbons (Fsp3) is 0.619. The van der Waals surface area contributed by atoms with Crippen molar-refractivity contribution in [1.29, 1.82) is 5.26 Å². The molecule has 7 nitrogen and oxygen atoms in total. The second-order valence-corrected chi connectivity index (χ2v) is 10.6. The van der Waals surface area contributed by atoms with Crippen molar-refractivity contribution in [3.8, 4) is 6.07 Å². The Labute approximate surface area is 172 Å². The highest BCUT2D eigenvalue weighted by atomic mass is 32.2. The lowest BCUT2D eigenvalue weighted by Gasteiger charge is -2.50. The topological polar surface area (TPSA) is 102 Å². The molecule has 8 heteroatoms. The van der Waals surface area contributed by atoms with Crippen LogP contribution in [0, 0.1) is 23.7 Å². The largest absolute Gasteiger partial charge is 0.347 e. The minimum atomic E-state index is -3.67. The summed E-state index contributed by atoms with van der Waals surface area (Å²) < 4.78 is 29.4. The molecule has 3 saturated carbocycles. The zero-order valence-corrected chi connectivity index (χ0v) is 17.6. The number of aryl methyl sites for hydroxylation is 1. The molecule has 5 rings (SSSR count). The molecule has 3 aliphatic carbocycles. The van der Waals surface area contributed by atoms with E-state index in [1.165, 1.54) is 4.31 Å². The summed E-state index contributed by atoms with van der Waals surface area (Å²) >= 11 is 0. The molecule has 0 spiro atoms. The van der Waals surface area contributed by atoms with Crippen molar-refractivity contribution in [1.82, 2.24) is 9.62 Å². The third kappa shape index (κ3) is 3.86. The zero-order valence-electron chi connectivity index (χ0n) is 16.8. The number of carbonyl (C=O) groups is 1. The lowest BCUT2D eigenvalue weighted by atomic mass is 9.58. The second kappa shape index (κ2) is 7.29. The first kappa shape index (κ1) is 20.2. The number of nitrogens with zero attached hydrogens (tertiary/aromatic N) is 2. The molecule has 0 aromatic heterocycles. The standard InChI is InChI=1S/C21H28N4O3S/c1-16-4-5-18(24-29(27,28)25-12-2-3-13-25)17(14-16)19(26)23-21-9-6-20(15-22,7-10-21)8-11-21/h4-5,14,24H,2-3,6-13H2,1H3,(H,23,26). The van der Waals surface area contributed by atoms with Crippen LogP contribution in [0.2, 0.25) is 0 Å². The van der Waals surface area contributed by atoms with Gasteiger partial charge in [-0.1, -0.05) is 11.6 Å². The van der Waals surface area contributed by atoms with Crippen LogP contribution in [-0.4, -0.2) is 37.3 Å². The zero-order chi connectivity index (χ0) is 20.7. The number of nitrogens with one attached hydrogen (secondary N) is 2. The molecule has 2 bridgehead atoms. The molecule has 4 aliphatic rings. The van der Waals surface area contributed by atoms with Crippen LogP contribution < -0.4 is 10.0 Å². The van der Waals surface area contributed by atoms with Crippen molar-refractivity contribution in [3.63, 3.8) is 0 Å². The maximum absolute atomic E-state index is 13.2. The first-order valence-corrected chi connectivity index (χ1v) is 11.8. The SMILES string of the molecule is Cc1ccc(NS(=O)(=O)N2CCCC2)c(C(=O)NC23CCC(C#N)(CC2)CC3)c1. The van der Waals surface area contributed by atoms with Crippen molar-refractivity contribution >= 4 is 21.8 Å². The lowest BCUT2D eigenvalue weighted by molar-refractivity contribution is 0.0522. The number of fused-ring (bicyclic) bond motifs is 3. The van der Waals surface area contributed by atoms with Crippen LogP contribution in [0.25, 0.3) is 0 Å². The first-order valence-electron chi connectivity index (χ1n) is 10.4. The molecule has 0 unspecified atom stereocenters. The average molecular weight is 417 g/mol. The van der Waals surface area contributed by atoms with Gasteiger partial charge in [-0.3, -0.25) is 9.52 Å². The Morgan fingerprint density at radius 1 is 1.10 bits per heavy atom. The summed E-state index contributed by atoms with van der Waals surface area (Å²) in [5.74, 6) is -0.251. The molecule has 2 N–H and O–H groups in total. The van der Waals surface area contributed by atoms with E-state index in [0.29, 0.717) is 24.3 Å². The minimum absolute atomic E-state index is 0.216. The number of hydrogen-bond donors (Lipinski definition) is 2. The minimum Gasteiger partial charge on any atom is -0.347 e. The molecule has 1 aromatic carbocycles. The van der Waals surface area contributed by atoms with Gasteiger partial charge in [0.25, 0.3) is 5.91 Å². The van der Waals surface area contributed by atoms with Crippen LogP contribution in [0.1, 0.15) is 67.3 Å². The van der Waals surface area contributed by atoms with Crippen LogP contribution in [0.15, 0.2) is 18.2 Å². The number of amides is 1. The normalized spacial score (nSPS) is 29.4. The molecular weight excluding hydrogens is 388 g/mol. The maximum atomic E-state index is 13.2. The monoisotopic (exact) mass is 416 g/mol. The van der Waals surface area contributed by atoms with Crippen molar-refractivity contribution in [2.45, 2.75) is 63.8 Å². The molecule has 29 heavy (non-hydrogen) atoms. The molecule has 1 heterocycles. The summed E-state index contributed by atoms with van der Waals surface area (Å²) in [5, 5.41) is 12.7. The molecule has 156 valence electrons. The summed E-state index contributed by atoms with van der Waals surface area (Å²) in [6, 6.07) is 7.69. The van der Waals surface area contributed by atoms with Gasteiger partial charge < -0.3 is 5.32 Å². The van der Waals surface area contributed by atoms with E-state index >= 15 is 0 Å². The predicted octanol–water partition coefficient (Wildman–Crippen LogP) is 3.09.